The monoisotopic (exact) mass is 211 g/mol. The molecule has 0 aliphatic carbocycles. The summed E-state index contributed by atoms with van der Waals surface area (Å²) in [5, 5.41) is 5.74. The molecule has 0 bridgehead atoms. The zero-order chi connectivity index (χ0) is 10.9. The van der Waals surface area contributed by atoms with E-state index in [4.69, 9.17) is 0 Å². The molecular formula is C10H17N3O2. The maximum atomic E-state index is 11.5. The quantitative estimate of drug-likeness (QED) is 0.644. The molecule has 5 heteroatoms. The molecule has 15 heavy (non-hydrogen) atoms. The summed E-state index contributed by atoms with van der Waals surface area (Å²) < 4.78 is 0. The predicted molar refractivity (Wildman–Crippen MR) is 55.4 cm³/mol. The third-order valence-corrected chi connectivity index (χ3v) is 3.34. The maximum absolute atomic E-state index is 11.5. The molecule has 2 aliphatic heterocycles. The Labute approximate surface area is 89.2 Å². The van der Waals surface area contributed by atoms with Crippen LogP contribution in [0.15, 0.2) is 0 Å². The van der Waals surface area contributed by atoms with Gasteiger partial charge in [-0.3, -0.25) is 4.79 Å². The number of nitrogens with zero attached hydrogens (tertiary/aromatic N) is 1. The summed E-state index contributed by atoms with van der Waals surface area (Å²) in [6, 6.07) is -0.0785. The Morgan fingerprint density at radius 1 is 1.47 bits per heavy atom. The van der Waals surface area contributed by atoms with Gasteiger partial charge in [-0.2, -0.15) is 0 Å². The van der Waals surface area contributed by atoms with Crippen molar-refractivity contribution in [3.63, 3.8) is 0 Å². The van der Waals surface area contributed by atoms with Crippen LogP contribution in [0.4, 0.5) is 4.79 Å². The molecule has 3 amide bonds. The highest BCUT2D eigenvalue weighted by Gasteiger charge is 2.40. The first kappa shape index (κ1) is 10.3. The minimum absolute atomic E-state index is 0.0785. The Kier molecular flexibility index (Phi) is 2.54. The highest BCUT2D eigenvalue weighted by Crippen LogP contribution is 2.24. The number of nitrogens with one attached hydrogen (secondary N) is 2. The van der Waals surface area contributed by atoms with Crippen LogP contribution in [0.3, 0.4) is 0 Å². The van der Waals surface area contributed by atoms with Gasteiger partial charge in [-0.05, 0) is 12.8 Å². The van der Waals surface area contributed by atoms with Crippen molar-refractivity contribution in [2.75, 3.05) is 19.6 Å². The van der Waals surface area contributed by atoms with Crippen molar-refractivity contribution in [1.82, 2.24) is 15.5 Å². The largest absolute Gasteiger partial charge is 0.343 e. The zero-order valence-electron chi connectivity index (χ0n) is 9.01. The normalized spacial score (nSPS) is 23.8. The maximum Gasteiger partial charge on any atom is 0.315 e. The number of rotatable bonds is 1. The van der Waals surface area contributed by atoms with Crippen molar-refractivity contribution in [2.24, 2.45) is 0 Å². The number of hydrogen-bond acceptors (Lipinski definition) is 2. The molecule has 0 aromatic carbocycles. The Morgan fingerprint density at radius 3 is 2.60 bits per heavy atom. The molecule has 84 valence electrons. The lowest BCUT2D eigenvalue weighted by Crippen LogP contribution is -2.53. The fourth-order valence-electron chi connectivity index (χ4n) is 2.29. The predicted octanol–water partition coefficient (Wildman–Crippen LogP) is 0.0704. The van der Waals surface area contributed by atoms with Gasteiger partial charge >= 0.3 is 6.03 Å². The number of carbonyl (C=O) groups excluding carboxylic acids is 2. The smallest absolute Gasteiger partial charge is 0.315 e. The summed E-state index contributed by atoms with van der Waals surface area (Å²) in [6.45, 7) is 4.09. The van der Waals surface area contributed by atoms with E-state index in [1.165, 1.54) is 0 Å². The van der Waals surface area contributed by atoms with Crippen molar-refractivity contribution in [1.29, 1.82) is 0 Å². The Balaban J connectivity index is 1.92. The molecule has 0 aromatic rings. The summed E-state index contributed by atoms with van der Waals surface area (Å²) in [5.41, 5.74) is -0.0956. The van der Waals surface area contributed by atoms with Crippen LogP contribution in [-0.4, -0.2) is 42.0 Å². The highest BCUT2D eigenvalue weighted by molar-refractivity contribution is 5.78. The highest BCUT2D eigenvalue weighted by atomic mass is 16.2. The molecule has 2 N–H and O–H groups in total. The van der Waals surface area contributed by atoms with Crippen molar-refractivity contribution in [3.05, 3.63) is 0 Å². The molecule has 5 nitrogen and oxygen atoms in total. The first-order chi connectivity index (χ1) is 7.15. The van der Waals surface area contributed by atoms with Gasteiger partial charge in [0, 0.05) is 26.1 Å². The van der Waals surface area contributed by atoms with E-state index < -0.39 is 0 Å². The van der Waals surface area contributed by atoms with Gasteiger partial charge in [-0.15, -0.1) is 0 Å². The average Bonchev–Trinajstić information content (AvgIpc) is 2.60. The molecule has 2 saturated heterocycles. The second-order valence-corrected chi connectivity index (χ2v) is 4.32. The molecule has 1 spiro atoms. The fraction of sp³-hybridized carbons (Fsp3) is 0.800. The molecule has 2 heterocycles. The summed E-state index contributed by atoms with van der Waals surface area (Å²) in [6.07, 6.45) is 2.28. The van der Waals surface area contributed by atoms with Gasteiger partial charge in [0.2, 0.25) is 5.91 Å². The van der Waals surface area contributed by atoms with Crippen LogP contribution in [0.25, 0.3) is 0 Å². The number of hydrogen-bond donors (Lipinski definition) is 2. The SMILES string of the molecule is CCC(=O)N1CCC2(CC1)CNC(=O)N2. The average molecular weight is 211 g/mol. The van der Waals surface area contributed by atoms with E-state index in [-0.39, 0.29) is 17.5 Å². The number of urea groups is 1. The van der Waals surface area contributed by atoms with Crippen LogP contribution < -0.4 is 10.6 Å². The Hall–Kier alpha value is -1.26. The molecule has 0 atom stereocenters. The van der Waals surface area contributed by atoms with Crippen LogP contribution >= 0.6 is 0 Å². The lowest BCUT2D eigenvalue weighted by Gasteiger charge is -2.38. The molecule has 0 unspecified atom stereocenters. The lowest BCUT2D eigenvalue weighted by molar-refractivity contribution is -0.132. The van der Waals surface area contributed by atoms with E-state index in [9.17, 15) is 9.59 Å². The third kappa shape index (κ3) is 1.91. The van der Waals surface area contributed by atoms with Crippen LogP contribution in [0.2, 0.25) is 0 Å². The topological polar surface area (TPSA) is 61.4 Å². The molecule has 0 aromatic heterocycles. The van der Waals surface area contributed by atoms with Gasteiger partial charge < -0.3 is 15.5 Å². The molecule has 0 radical (unpaired) electrons. The fourth-order valence-corrected chi connectivity index (χ4v) is 2.29. The molecular weight excluding hydrogens is 194 g/mol. The minimum atomic E-state index is -0.0956. The van der Waals surface area contributed by atoms with E-state index >= 15 is 0 Å². The zero-order valence-corrected chi connectivity index (χ0v) is 9.01. The van der Waals surface area contributed by atoms with Gasteiger partial charge in [-0.25, -0.2) is 4.79 Å². The third-order valence-electron chi connectivity index (χ3n) is 3.34. The Morgan fingerprint density at radius 2 is 2.13 bits per heavy atom. The Bertz CT molecular complexity index is 282. The first-order valence-electron chi connectivity index (χ1n) is 5.49. The number of piperidine rings is 1. The second kappa shape index (κ2) is 3.72. The van der Waals surface area contributed by atoms with Gasteiger partial charge in [0.05, 0.1) is 5.54 Å². The van der Waals surface area contributed by atoms with E-state index in [2.05, 4.69) is 10.6 Å². The number of likely N-dealkylation sites (tertiary alicyclic amines) is 1. The molecule has 2 aliphatic rings. The van der Waals surface area contributed by atoms with Gasteiger partial charge in [-0.1, -0.05) is 6.92 Å². The second-order valence-electron chi connectivity index (χ2n) is 4.32. The molecule has 2 rings (SSSR count). The first-order valence-corrected chi connectivity index (χ1v) is 5.49. The van der Waals surface area contributed by atoms with E-state index in [1.54, 1.807) is 0 Å². The summed E-state index contributed by atoms with van der Waals surface area (Å²) in [5.74, 6) is 0.210. The van der Waals surface area contributed by atoms with E-state index in [0.717, 1.165) is 25.9 Å². The van der Waals surface area contributed by atoms with Crippen molar-refractivity contribution in [3.8, 4) is 0 Å². The van der Waals surface area contributed by atoms with Gasteiger partial charge in [0.25, 0.3) is 0 Å². The standard InChI is InChI=1S/C10H17N3O2/c1-2-8(14)13-5-3-10(4-6-13)7-11-9(15)12-10/h2-7H2,1H3,(H2,11,12,15). The van der Waals surface area contributed by atoms with Gasteiger partial charge in [0.15, 0.2) is 0 Å². The van der Waals surface area contributed by atoms with Crippen LogP contribution in [0.1, 0.15) is 26.2 Å². The van der Waals surface area contributed by atoms with Gasteiger partial charge in [0.1, 0.15) is 0 Å². The van der Waals surface area contributed by atoms with Crippen molar-refractivity contribution < 1.29 is 9.59 Å². The minimum Gasteiger partial charge on any atom is -0.343 e. The molecule has 0 saturated carbocycles. The van der Waals surface area contributed by atoms with Crippen LogP contribution in [-0.2, 0) is 4.79 Å². The number of amides is 3. The van der Waals surface area contributed by atoms with Crippen LogP contribution in [0.5, 0.6) is 0 Å². The summed E-state index contributed by atoms with van der Waals surface area (Å²) in [4.78, 5) is 24.4. The van der Waals surface area contributed by atoms with Crippen molar-refractivity contribution >= 4 is 11.9 Å². The van der Waals surface area contributed by atoms with Crippen LogP contribution in [0, 0.1) is 0 Å². The molecule has 2 fully saturated rings. The lowest BCUT2D eigenvalue weighted by atomic mass is 9.88. The van der Waals surface area contributed by atoms with E-state index in [1.807, 2.05) is 11.8 Å². The summed E-state index contributed by atoms with van der Waals surface area (Å²) >= 11 is 0. The number of carbonyl (C=O) groups is 2. The van der Waals surface area contributed by atoms with Crippen molar-refractivity contribution in [2.45, 2.75) is 31.7 Å². The van der Waals surface area contributed by atoms with E-state index in [0.29, 0.717) is 13.0 Å². The summed E-state index contributed by atoms with van der Waals surface area (Å²) in [7, 11) is 0.